The number of hydrogen-bond acceptors (Lipinski definition) is 3. The first kappa shape index (κ1) is 23.7. The molecule has 0 spiro atoms. The van der Waals surface area contributed by atoms with Gasteiger partial charge in [-0.2, -0.15) is 0 Å². The smallest absolute Gasteiger partial charge is 0.255 e. The number of nitrogens with zero attached hydrogens (tertiary/aromatic N) is 1. The molecule has 176 valence electrons. The molecule has 3 aromatic carbocycles. The number of amides is 2. The van der Waals surface area contributed by atoms with E-state index in [2.05, 4.69) is 22.5 Å². The van der Waals surface area contributed by atoms with Crippen molar-refractivity contribution in [3.63, 3.8) is 0 Å². The van der Waals surface area contributed by atoms with Crippen molar-refractivity contribution < 1.29 is 9.59 Å². The molecule has 0 bridgehead atoms. The van der Waals surface area contributed by atoms with Gasteiger partial charge in [0.05, 0.1) is 17.3 Å². The minimum atomic E-state index is -0.227. The van der Waals surface area contributed by atoms with E-state index in [1.165, 1.54) is 18.4 Å². The van der Waals surface area contributed by atoms with Crippen LogP contribution in [0, 0.1) is 5.92 Å². The zero-order valence-corrected chi connectivity index (χ0v) is 20.0. The Bertz CT molecular complexity index is 1110. The zero-order chi connectivity index (χ0) is 23.9. The number of para-hydroxylation sites is 1. The van der Waals surface area contributed by atoms with E-state index in [1.807, 2.05) is 67.6 Å². The lowest BCUT2D eigenvalue weighted by Gasteiger charge is -2.30. The first-order valence-corrected chi connectivity index (χ1v) is 12.1. The van der Waals surface area contributed by atoms with Gasteiger partial charge in [-0.25, -0.2) is 0 Å². The molecular weight excluding hydrogens is 422 g/mol. The molecular formula is C29H33N3O2. The summed E-state index contributed by atoms with van der Waals surface area (Å²) in [6.45, 7) is 7.42. The van der Waals surface area contributed by atoms with E-state index in [0.717, 1.165) is 31.1 Å². The Morgan fingerprint density at radius 3 is 2.38 bits per heavy atom. The van der Waals surface area contributed by atoms with Crippen LogP contribution in [0.1, 0.15) is 64.6 Å². The Morgan fingerprint density at radius 1 is 0.941 bits per heavy atom. The Hall–Kier alpha value is -3.44. The highest BCUT2D eigenvalue weighted by molar-refractivity contribution is 6.09. The third kappa shape index (κ3) is 6.12. The number of rotatable bonds is 7. The van der Waals surface area contributed by atoms with Crippen LogP contribution in [0.15, 0.2) is 78.9 Å². The molecule has 2 N–H and O–H groups in total. The van der Waals surface area contributed by atoms with E-state index < -0.39 is 0 Å². The van der Waals surface area contributed by atoms with E-state index in [0.29, 0.717) is 16.8 Å². The van der Waals surface area contributed by atoms with Gasteiger partial charge in [-0.3, -0.25) is 14.5 Å². The van der Waals surface area contributed by atoms with Gasteiger partial charge in [-0.15, -0.1) is 0 Å². The molecule has 1 aliphatic rings. The number of piperidine rings is 1. The Balaban J connectivity index is 1.40. The molecule has 2 atom stereocenters. The molecule has 1 fully saturated rings. The number of benzene rings is 3. The van der Waals surface area contributed by atoms with Crippen LogP contribution in [0.3, 0.4) is 0 Å². The Kier molecular flexibility index (Phi) is 7.76. The van der Waals surface area contributed by atoms with Crippen molar-refractivity contribution in [3.8, 4) is 0 Å². The van der Waals surface area contributed by atoms with Gasteiger partial charge in [-0.05, 0) is 67.6 Å². The SMILES string of the molecule is C[C@@H]1CCCN(Cc2ccc(C(=O)Nc3ccccc3C(=O)N[C@@H](C)c3ccccc3)cc2)C1. The van der Waals surface area contributed by atoms with Crippen molar-refractivity contribution in [1.82, 2.24) is 10.2 Å². The standard InChI is InChI=1S/C29H33N3O2/c1-21-9-8-18-32(19-21)20-23-14-16-25(17-15-23)28(33)31-27-13-7-6-12-26(27)29(34)30-22(2)24-10-4-3-5-11-24/h3-7,10-17,21-22H,8-9,18-20H2,1-2H3,(H,30,34)(H,31,33)/t21-,22+/m1/s1. The fraction of sp³-hybridized carbons (Fsp3) is 0.310. The first-order valence-electron chi connectivity index (χ1n) is 12.1. The molecule has 0 unspecified atom stereocenters. The van der Waals surface area contributed by atoms with E-state index in [9.17, 15) is 9.59 Å². The minimum absolute atomic E-state index is 0.145. The number of nitrogens with one attached hydrogen (secondary N) is 2. The zero-order valence-electron chi connectivity index (χ0n) is 20.0. The first-order chi connectivity index (χ1) is 16.5. The molecule has 1 aliphatic heterocycles. The maximum absolute atomic E-state index is 13.0. The van der Waals surface area contributed by atoms with Gasteiger partial charge in [0, 0.05) is 18.7 Å². The number of carbonyl (C=O) groups excluding carboxylic acids is 2. The van der Waals surface area contributed by atoms with Crippen LogP contribution in [0.4, 0.5) is 5.69 Å². The number of carbonyl (C=O) groups is 2. The van der Waals surface area contributed by atoms with E-state index >= 15 is 0 Å². The van der Waals surface area contributed by atoms with Gasteiger partial charge in [0.1, 0.15) is 0 Å². The maximum atomic E-state index is 13.0. The molecule has 1 saturated heterocycles. The average molecular weight is 456 g/mol. The Morgan fingerprint density at radius 2 is 1.65 bits per heavy atom. The van der Waals surface area contributed by atoms with Crippen LogP contribution in [0.5, 0.6) is 0 Å². The summed E-state index contributed by atoms with van der Waals surface area (Å²) in [6, 6.07) is 24.5. The summed E-state index contributed by atoms with van der Waals surface area (Å²) in [4.78, 5) is 28.4. The van der Waals surface area contributed by atoms with Crippen molar-refractivity contribution in [3.05, 3.63) is 101 Å². The van der Waals surface area contributed by atoms with Gasteiger partial charge in [-0.1, -0.05) is 61.5 Å². The van der Waals surface area contributed by atoms with E-state index in [-0.39, 0.29) is 17.9 Å². The second-order valence-electron chi connectivity index (χ2n) is 9.28. The number of hydrogen-bond donors (Lipinski definition) is 2. The fourth-order valence-electron chi connectivity index (χ4n) is 4.53. The topological polar surface area (TPSA) is 61.4 Å². The largest absolute Gasteiger partial charge is 0.345 e. The third-order valence-corrected chi connectivity index (χ3v) is 6.43. The number of likely N-dealkylation sites (tertiary alicyclic amines) is 1. The van der Waals surface area contributed by atoms with Gasteiger partial charge in [0.15, 0.2) is 0 Å². The molecule has 5 nitrogen and oxygen atoms in total. The summed E-state index contributed by atoms with van der Waals surface area (Å²) in [5.41, 5.74) is 3.74. The van der Waals surface area contributed by atoms with Gasteiger partial charge >= 0.3 is 0 Å². The lowest BCUT2D eigenvalue weighted by molar-refractivity contribution is 0.0940. The lowest BCUT2D eigenvalue weighted by Crippen LogP contribution is -2.33. The molecule has 2 amide bonds. The summed E-state index contributed by atoms with van der Waals surface area (Å²) in [5.74, 6) is 0.291. The highest BCUT2D eigenvalue weighted by atomic mass is 16.2. The molecule has 1 heterocycles. The normalized spacial score (nSPS) is 17.1. The van der Waals surface area contributed by atoms with Crippen LogP contribution < -0.4 is 10.6 Å². The number of anilines is 1. The highest BCUT2D eigenvalue weighted by Crippen LogP contribution is 2.20. The van der Waals surface area contributed by atoms with Crippen molar-refractivity contribution in [1.29, 1.82) is 0 Å². The van der Waals surface area contributed by atoms with Gasteiger partial charge in [0.25, 0.3) is 11.8 Å². The third-order valence-electron chi connectivity index (χ3n) is 6.43. The summed E-state index contributed by atoms with van der Waals surface area (Å²) in [5, 5.41) is 5.94. The summed E-state index contributed by atoms with van der Waals surface area (Å²) in [7, 11) is 0. The minimum Gasteiger partial charge on any atom is -0.345 e. The van der Waals surface area contributed by atoms with Crippen molar-refractivity contribution in [2.24, 2.45) is 5.92 Å². The fourth-order valence-corrected chi connectivity index (χ4v) is 4.53. The molecule has 34 heavy (non-hydrogen) atoms. The van der Waals surface area contributed by atoms with E-state index in [1.54, 1.807) is 18.2 Å². The van der Waals surface area contributed by atoms with Crippen LogP contribution in [0.2, 0.25) is 0 Å². The summed E-state index contributed by atoms with van der Waals surface area (Å²) < 4.78 is 0. The van der Waals surface area contributed by atoms with Crippen molar-refractivity contribution in [2.45, 2.75) is 39.3 Å². The van der Waals surface area contributed by atoms with Crippen LogP contribution in [0.25, 0.3) is 0 Å². The quantitative estimate of drug-likeness (QED) is 0.483. The molecule has 4 rings (SSSR count). The second kappa shape index (κ2) is 11.1. The Labute approximate surface area is 202 Å². The molecule has 0 aliphatic carbocycles. The van der Waals surface area contributed by atoms with Crippen LogP contribution in [-0.2, 0) is 6.54 Å². The van der Waals surface area contributed by atoms with Gasteiger partial charge in [0.2, 0.25) is 0 Å². The molecule has 0 saturated carbocycles. The predicted molar refractivity (Wildman–Crippen MR) is 137 cm³/mol. The second-order valence-corrected chi connectivity index (χ2v) is 9.28. The van der Waals surface area contributed by atoms with Crippen molar-refractivity contribution in [2.75, 3.05) is 18.4 Å². The molecule has 0 radical (unpaired) electrons. The molecule has 0 aromatic heterocycles. The monoisotopic (exact) mass is 455 g/mol. The summed E-state index contributed by atoms with van der Waals surface area (Å²) in [6.07, 6.45) is 2.55. The highest BCUT2D eigenvalue weighted by Gasteiger charge is 2.18. The van der Waals surface area contributed by atoms with Crippen molar-refractivity contribution >= 4 is 17.5 Å². The van der Waals surface area contributed by atoms with Gasteiger partial charge < -0.3 is 10.6 Å². The maximum Gasteiger partial charge on any atom is 0.255 e. The van der Waals surface area contributed by atoms with E-state index in [4.69, 9.17) is 0 Å². The van der Waals surface area contributed by atoms with Crippen LogP contribution >= 0.6 is 0 Å². The lowest BCUT2D eigenvalue weighted by atomic mass is 9.99. The molecule has 5 heteroatoms. The predicted octanol–water partition coefficient (Wildman–Crippen LogP) is 5.66. The average Bonchev–Trinajstić information content (AvgIpc) is 2.85. The molecule has 3 aromatic rings. The summed E-state index contributed by atoms with van der Waals surface area (Å²) >= 11 is 0. The van der Waals surface area contributed by atoms with Crippen LogP contribution in [-0.4, -0.2) is 29.8 Å².